The summed E-state index contributed by atoms with van der Waals surface area (Å²) in [6, 6.07) is 4.21. The Bertz CT molecular complexity index is 1210. The molecule has 3 aromatic rings. The van der Waals surface area contributed by atoms with Gasteiger partial charge < -0.3 is 20.1 Å². The molecular weight excluding hydrogens is 420 g/mol. The third-order valence-corrected chi connectivity index (χ3v) is 7.38. The molecule has 1 aromatic carbocycles. The molecule has 9 heteroatoms. The van der Waals surface area contributed by atoms with Crippen molar-refractivity contribution in [1.82, 2.24) is 24.6 Å². The highest BCUT2D eigenvalue weighted by Gasteiger charge is 2.45. The van der Waals surface area contributed by atoms with Gasteiger partial charge in [-0.1, -0.05) is 6.42 Å². The van der Waals surface area contributed by atoms with E-state index >= 15 is 0 Å². The first-order chi connectivity index (χ1) is 15.9. The van der Waals surface area contributed by atoms with E-state index in [4.69, 9.17) is 9.72 Å². The van der Waals surface area contributed by atoms with Crippen LogP contribution in [-0.4, -0.2) is 56.4 Å². The Kier molecular flexibility index (Phi) is 5.44. The van der Waals surface area contributed by atoms with Crippen molar-refractivity contribution in [2.45, 2.75) is 45.7 Å². The molecule has 0 bridgehead atoms. The van der Waals surface area contributed by atoms with Gasteiger partial charge in [-0.25, -0.2) is 9.67 Å². The van der Waals surface area contributed by atoms with Crippen LogP contribution in [-0.2, 0) is 24.3 Å². The van der Waals surface area contributed by atoms with Gasteiger partial charge in [0.1, 0.15) is 5.75 Å². The molecule has 1 fully saturated rings. The van der Waals surface area contributed by atoms with Crippen molar-refractivity contribution in [3.63, 3.8) is 0 Å². The minimum Gasteiger partial charge on any atom is -0.495 e. The number of hydrogen-bond acceptors (Lipinski definition) is 7. The van der Waals surface area contributed by atoms with Gasteiger partial charge in [-0.15, -0.1) is 0 Å². The summed E-state index contributed by atoms with van der Waals surface area (Å²) in [6.45, 7) is 4.30. The summed E-state index contributed by atoms with van der Waals surface area (Å²) in [5.74, 6) is 0.503. The van der Waals surface area contributed by atoms with E-state index in [2.05, 4.69) is 39.5 Å². The van der Waals surface area contributed by atoms with Crippen LogP contribution in [0.3, 0.4) is 0 Å². The zero-order valence-electron chi connectivity index (χ0n) is 19.3. The third-order valence-electron chi connectivity index (χ3n) is 7.38. The molecule has 2 aliphatic rings. The van der Waals surface area contributed by atoms with Gasteiger partial charge in [0.05, 0.1) is 29.8 Å². The molecule has 0 unspecified atom stereocenters. The molecule has 0 radical (unpaired) electrons. The Balaban J connectivity index is 1.44. The third kappa shape index (κ3) is 3.90. The van der Waals surface area contributed by atoms with Crippen molar-refractivity contribution in [3.8, 4) is 5.75 Å². The van der Waals surface area contributed by atoms with E-state index in [9.17, 15) is 9.90 Å². The second-order valence-electron chi connectivity index (χ2n) is 9.54. The first-order valence-electron chi connectivity index (χ1n) is 11.4. The molecule has 1 aliphatic carbocycles. The molecule has 2 N–H and O–H groups in total. The van der Waals surface area contributed by atoms with E-state index in [-0.39, 0.29) is 5.92 Å². The maximum Gasteiger partial charge on any atom is 0.309 e. The number of carbonyl (C=O) groups is 1. The number of nitrogens with zero attached hydrogens (tertiary/aromatic N) is 5. The monoisotopic (exact) mass is 450 g/mol. The summed E-state index contributed by atoms with van der Waals surface area (Å²) in [4.78, 5) is 23.4. The van der Waals surface area contributed by atoms with Crippen molar-refractivity contribution >= 4 is 28.6 Å². The fourth-order valence-corrected chi connectivity index (χ4v) is 5.20. The van der Waals surface area contributed by atoms with Gasteiger partial charge in [0, 0.05) is 25.8 Å². The first kappa shape index (κ1) is 21.6. The minimum absolute atomic E-state index is 0.0159. The van der Waals surface area contributed by atoms with Crippen molar-refractivity contribution < 1.29 is 14.6 Å². The van der Waals surface area contributed by atoms with Crippen LogP contribution in [0, 0.1) is 11.3 Å². The lowest BCUT2D eigenvalue weighted by atomic mass is 9.80. The Morgan fingerprint density at radius 3 is 2.97 bits per heavy atom. The minimum atomic E-state index is -0.733. The molecule has 2 aromatic heterocycles. The number of aromatic nitrogens is 4. The van der Waals surface area contributed by atoms with E-state index < -0.39 is 11.4 Å². The number of nitrogens with one attached hydrogen (secondary N) is 1. The predicted molar refractivity (Wildman–Crippen MR) is 125 cm³/mol. The molecule has 9 nitrogen and oxygen atoms in total. The summed E-state index contributed by atoms with van der Waals surface area (Å²) in [5.41, 5.74) is 3.38. The maximum absolute atomic E-state index is 11.9. The maximum atomic E-state index is 11.9. The largest absolute Gasteiger partial charge is 0.495 e. The van der Waals surface area contributed by atoms with E-state index in [1.807, 2.05) is 11.6 Å². The lowest BCUT2D eigenvalue weighted by Gasteiger charge is -2.27. The van der Waals surface area contributed by atoms with E-state index in [0.717, 1.165) is 49.2 Å². The second-order valence-corrected chi connectivity index (χ2v) is 9.54. The van der Waals surface area contributed by atoms with Crippen molar-refractivity contribution in [3.05, 3.63) is 35.7 Å². The lowest BCUT2D eigenvalue weighted by Crippen LogP contribution is -2.34. The van der Waals surface area contributed by atoms with Crippen LogP contribution in [0.25, 0.3) is 11.0 Å². The highest BCUT2D eigenvalue weighted by atomic mass is 16.5. The molecular formula is C24H30N6O3. The van der Waals surface area contributed by atoms with E-state index in [1.165, 1.54) is 11.1 Å². The molecule has 174 valence electrons. The van der Waals surface area contributed by atoms with Gasteiger partial charge in [0.15, 0.2) is 5.65 Å². The number of carboxylic acid groups (broad SMARTS) is 1. The number of aliphatic carboxylic acids is 1. The van der Waals surface area contributed by atoms with Crippen LogP contribution < -0.4 is 10.1 Å². The van der Waals surface area contributed by atoms with Crippen molar-refractivity contribution in [2.24, 2.45) is 11.3 Å². The molecule has 1 aliphatic heterocycles. The summed E-state index contributed by atoms with van der Waals surface area (Å²) in [7, 11) is 3.79. The quantitative estimate of drug-likeness (QED) is 0.588. The number of ether oxygens (including phenoxy) is 1. The number of benzene rings is 1. The van der Waals surface area contributed by atoms with Crippen LogP contribution in [0.1, 0.15) is 37.3 Å². The van der Waals surface area contributed by atoms with E-state index in [0.29, 0.717) is 24.6 Å². The number of fused-ring (bicyclic) bond motifs is 2. The second kappa shape index (κ2) is 8.30. The number of likely N-dealkylation sites (N-methyl/N-ethyl adjacent to an activating group) is 1. The fraction of sp³-hybridized carbons (Fsp3) is 0.500. The van der Waals surface area contributed by atoms with Crippen LogP contribution >= 0.6 is 0 Å². The first-order valence-corrected chi connectivity index (χ1v) is 11.4. The van der Waals surface area contributed by atoms with Crippen LogP contribution in [0.4, 0.5) is 11.6 Å². The summed E-state index contributed by atoms with van der Waals surface area (Å²) in [6.07, 6.45) is 6.98. The molecule has 3 heterocycles. The van der Waals surface area contributed by atoms with E-state index in [1.54, 1.807) is 19.5 Å². The SMILES string of the molecule is COc1cc2c(cc1Nc1ncc3cnn(C[C@@H]4CCC[C@@]4(C)C(=O)O)c3n1)CN(C)CC2. The van der Waals surface area contributed by atoms with Crippen LogP contribution in [0.2, 0.25) is 0 Å². The Hall–Kier alpha value is -3.20. The summed E-state index contributed by atoms with van der Waals surface area (Å²) >= 11 is 0. The lowest BCUT2D eigenvalue weighted by molar-refractivity contribution is -0.150. The summed E-state index contributed by atoms with van der Waals surface area (Å²) in [5, 5.41) is 18.4. The van der Waals surface area contributed by atoms with Gasteiger partial charge in [0.2, 0.25) is 5.95 Å². The smallest absolute Gasteiger partial charge is 0.309 e. The van der Waals surface area contributed by atoms with Gasteiger partial charge in [-0.05, 0) is 62.4 Å². The van der Waals surface area contributed by atoms with Gasteiger partial charge >= 0.3 is 5.97 Å². The Morgan fingerprint density at radius 1 is 1.33 bits per heavy atom. The van der Waals surface area contributed by atoms with Crippen LogP contribution in [0.15, 0.2) is 24.5 Å². The average Bonchev–Trinajstić information content (AvgIpc) is 3.37. The molecule has 0 amide bonds. The number of carboxylic acids is 1. The number of rotatable bonds is 6. The predicted octanol–water partition coefficient (Wildman–Crippen LogP) is 3.46. The zero-order chi connectivity index (χ0) is 23.2. The molecule has 5 rings (SSSR count). The van der Waals surface area contributed by atoms with Crippen LogP contribution in [0.5, 0.6) is 5.75 Å². The number of anilines is 2. The molecule has 0 spiro atoms. The summed E-state index contributed by atoms with van der Waals surface area (Å²) < 4.78 is 7.45. The fourth-order valence-electron chi connectivity index (χ4n) is 5.20. The average molecular weight is 451 g/mol. The highest BCUT2D eigenvalue weighted by molar-refractivity contribution is 5.77. The molecule has 2 atom stereocenters. The number of hydrogen-bond donors (Lipinski definition) is 2. The zero-order valence-corrected chi connectivity index (χ0v) is 19.3. The van der Waals surface area contributed by atoms with Gasteiger partial charge in [-0.2, -0.15) is 10.1 Å². The van der Waals surface area contributed by atoms with Crippen molar-refractivity contribution in [2.75, 3.05) is 26.0 Å². The standard InChI is InChI=1S/C24H30N6O3/c1-24(22(31)32)7-4-5-18(24)14-30-21-17(12-26-30)11-25-23(28-21)27-19-9-16-13-29(2)8-6-15(16)10-20(19)33-3/h9-12,18H,4-8,13-14H2,1-3H3,(H,31,32)(H,25,27,28)/t18-,24+/m0/s1. The molecule has 0 saturated heterocycles. The van der Waals surface area contributed by atoms with Gasteiger partial charge in [-0.3, -0.25) is 4.79 Å². The highest BCUT2D eigenvalue weighted by Crippen LogP contribution is 2.44. The molecule has 1 saturated carbocycles. The topological polar surface area (TPSA) is 105 Å². The van der Waals surface area contributed by atoms with Gasteiger partial charge in [0.25, 0.3) is 0 Å². The Morgan fingerprint density at radius 2 is 2.18 bits per heavy atom. The number of methoxy groups -OCH3 is 1. The normalized spacial score (nSPS) is 22.9. The molecule has 33 heavy (non-hydrogen) atoms. The van der Waals surface area contributed by atoms with Crippen molar-refractivity contribution in [1.29, 1.82) is 0 Å². The Labute approximate surface area is 192 Å².